The minimum atomic E-state index is 0.0130. The van der Waals surface area contributed by atoms with Gasteiger partial charge in [-0.25, -0.2) is 0 Å². The summed E-state index contributed by atoms with van der Waals surface area (Å²) in [6, 6.07) is 7.19. The molecule has 2 rings (SSSR count). The van der Waals surface area contributed by atoms with Gasteiger partial charge in [0.1, 0.15) is 0 Å². The van der Waals surface area contributed by atoms with Gasteiger partial charge < -0.3 is 10.1 Å². The molecule has 1 amide bonds. The van der Waals surface area contributed by atoms with Gasteiger partial charge >= 0.3 is 0 Å². The summed E-state index contributed by atoms with van der Waals surface area (Å²) >= 11 is 5.89. The highest BCUT2D eigenvalue weighted by molar-refractivity contribution is 6.30. The van der Waals surface area contributed by atoms with Gasteiger partial charge in [-0.3, -0.25) is 9.69 Å². The minimum absolute atomic E-state index is 0.0130. The van der Waals surface area contributed by atoms with Crippen LogP contribution in [0.25, 0.3) is 0 Å². The van der Waals surface area contributed by atoms with Gasteiger partial charge in [-0.2, -0.15) is 0 Å². The molecular weight excluding hydrogens is 276 g/mol. The van der Waals surface area contributed by atoms with E-state index in [-0.39, 0.29) is 18.1 Å². The Labute approximate surface area is 125 Å². The van der Waals surface area contributed by atoms with E-state index in [2.05, 4.69) is 24.1 Å². The van der Waals surface area contributed by atoms with Crippen LogP contribution in [0, 0.1) is 0 Å². The van der Waals surface area contributed by atoms with Crippen molar-refractivity contribution >= 4 is 23.2 Å². The summed E-state index contributed by atoms with van der Waals surface area (Å²) < 4.78 is 5.68. The van der Waals surface area contributed by atoms with Crippen molar-refractivity contribution in [2.45, 2.75) is 32.5 Å². The van der Waals surface area contributed by atoms with Gasteiger partial charge in [-0.15, -0.1) is 0 Å². The van der Waals surface area contributed by atoms with Gasteiger partial charge in [-0.05, 0) is 32.0 Å². The van der Waals surface area contributed by atoms with Crippen molar-refractivity contribution in [3.05, 3.63) is 29.3 Å². The summed E-state index contributed by atoms with van der Waals surface area (Å²) in [6.45, 7) is 6.65. The topological polar surface area (TPSA) is 41.6 Å². The second kappa shape index (κ2) is 7.07. The molecule has 0 aliphatic carbocycles. The van der Waals surface area contributed by atoms with Crippen LogP contribution in [0.4, 0.5) is 5.69 Å². The van der Waals surface area contributed by atoms with E-state index in [1.165, 1.54) is 0 Å². The molecule has 2 atom stereocenters. The maximum absolute atomic E-state index is 11.9. The van der Waals surface area contributed by atoms with Crippen molar-refractivity contribution in [1.29, 1.82) is 0 Å². The molecule has 0 saturated carbocycles. The zero-order valence-electron chi connectivity index (χ0n) is 11.9. The average Bonchev–Trinajstić information content (AvgIpc) is 2.35. The number of carbonyl (C=O) groups is 1. The highest BCUT2D eigenvalue weighted by Crippen LogP contribution is 2.15. The van der Waals surface area contributed by atoms with Crippen molar-refractivity contribution in [3.8, 4) is 0 Å². The number of hydrogen-bond donors (Lipinski definition) is 1. The molecule has 1 N–H and O–H groups in total. The summed E-state index contributed by atoms with van der Waals surface area (Å²) in [5, 5.41) is 3.49. The Morgan fingerprint density at radius 3 is 2.75 bits per heavy atom. The summed E-state index contributed by atoms with van der Waals surface area (Å²) in [5.74, 6) is 0.0130. The van der Waals surface area contributed by atoms with Crippen LogP contribution in [-0.2, 0) is 9.53 Å². The molecule has 1 saturated heterocycles. The fraction of sp³-hybridized carbons (Fsp3) is 0.533. The van der Waals surface area contributed by atoms with E-state index in [9.17, 15) is 4.79 Å². The number of halogens is 1. The molecule has 20 heavy (non-hydrogen) atoms. The highest BCUT2D eigenvalue weighted by Gasteiger charge is 2.22. The van der Waals surface area contributed by atoms with Gasteiger partial charge in [0.2, 0.25) is 5.91 Å². The molecule has 1 aromatic rings. The van der Waals surface area contributed by atoms with E-state index in [0.717, 1.165) is 25.3 Å². The maximum atomic E-state index is 11.9. The third-order valence-electron chi connectivity index (χ3n) is 3.26. The number of amides is 1. The number of rotatable bonds is 4. The molecule has 4 nitrogen and oxygen atoms in total. The quantitative estimate of drug-likeness (QED) is 0.929. The van der Waals surface area contributed by atoms with E-state index >= 15 is 0 Å². The van der Waals surface area contributed by atoms with E-state index in [1.807, 2.05) is 12.1 Å². The van der Waals surface area contributed by atoms with Crippen molar-refractivity contribution in [2.75, 3.05) is 25.0 Å². The van der Waals surface area contributed by atoms with Crippen LogP contribution in [0.5, 0.6) is 0 Å². The zero-order valence-corrected chi connectivity index (χ0v) is 12.7. The third kappa shape index (κ3) is 4.78. The van der Waals surface area contributed by atoms with Crippen molar-refractivity contribution in [1.82, 2.24) is 4.90 Å². The monoisotopic (exact) mass is 296 g/mol. The number of ether oxygens (including phenoxy) is 1. The van der Waals surface area contributed by atoms with Crippen LogP contribution in [-0.4, -0.2) is 42.6 Å². The molecule has 0 aromatic heterocycles. The first-order valence-electron chi connectivity index (χ1n) is 6.96. The molecule has 1 fully saturated rings. The molecule has 2 unspecified atom stereocenters. The second-order valence-corrected chi connectivity index (χ2v) is 5.76. The van der Waals surface area contributed by atoms with Crippen LogP contribution >= 0.6 is 11.6 Å². The number of morpholine rings is 1. The Hall–Kier alpha value is -1.10. The predicted molar refractivity (Wildman–Crippen MR) is 81.1 cm³/mol. The lowest BCUT2D eigenvalue weighted by atomic mass is 10.2. The Kier molecular flexibility index (Phi) is 5.40. The molecule has 1 aliphatic heterocycles. The lowest BCUT2D eigenvalue weighted by Gasteiger charge is -2.35. The van der Waals surface area contributed by atoms with E-state index in [4.69, 9.17) is 16.3 Å². The first kappa shape index (κ1) is 15.3. The maximum Gasteiger partial charge on any atom is 0.225 e. The number of benzene rings is 1. The second-order valence-electron chi connectivity index (χ2n) is 5.33. The Morgan fingerprint density at radius 2 is 2.10 bits per heavy atom. The Morgan fingerprint density at radius 1 is 1.40 bits per heavy atom. The van der Waals surface area contributed by atoms with Crippen LogP contribution in [0.2, 0.25) is 5.02 Å². The number of nitrogens with zero attached hydrogens (tertiary/aromatic N) is 1. The summed E-state index contributed by atoms with van der Waals surface area (Å²) in [5.41, 5.74) is 0.742. The standard InChI is InChI=1S/C15H21ClN2O2/c1-11-9-18(10-12(2)20-11)7-6-15(19)17-14-5-3-4-13(16)8-14/h3-5,8,11-12H,6-7,9-10H2,1-2H3,(H,17,19). The van der Waals surface area contributed by atoms with Crippen LogP contribution in [0.1, 0.15) is 20.3 Å². The largest absolute Gasteiger partial charge is 0.373 e. The smallest absolute Gasteiger partial charge is 0.225 e. The molecule has 1 aliphatic rings. The molecule has 5 heteroatoms. The van der Waals surface area contributed by atoms with Gasteiger partial charge in [0.15, 0.2) is 0 Å². The van der Waals surface area contributed by atoms with Crippen LogP contribution in [0.15, 0.2) is 24.3 Å². The van der Waals surface area contributed by atoms with Gasteiger partial charge in [0, 0.05) is 36.8 Å². The number of hydrogen-bond acceptors (Lipinski definition) is 3. The van der Waals surface area contributed by atoms with Gasteiger partial charge in [0.05, 0.1) is 12.2 Å². The predicted octanol–water partition coefficient (Wildman–Crippen LogP) is 2.78. The molecular formula is C15H21ClN2O2. The average molecular weight is 297 g/mol. The molecule has 0 radical (unpaired) electrons. The van der Waals surface area contributed by atoms with Gasteiger partial charge in [0.25, 0.3) is 0 Å². The zero-order chi connectivity index (χ0) is 14.5. The number of anilines is 1. The van der Waals surface area contributed by atoms with Crippen molar-refractivity contribution in [2.24, 2.45) is 0 Å². The minimum Gasteiger partial charge on any atom is -0.373 e. The number of nitrogens with one attached hydrogen (secondary N) is 1. The van der Waals surface area contributed by atoms with Crippen molar-refractivity contribution < 1.29 is 9.53 Å². The normalized spacial score (nSPS) is 23.6. The lowest BCUT2D eigenvalue weighted by molar-refractivity contribution is -0.117. The molecule has 110 valence electrons. The van der Waals surface area contributed by atoms with Crippen molar-refractivity contribution in [3.63, 3.8) is 0 Å². The highest BCUT2D eigenvalue weighted by atomic mass is 35.5. The molecule has 0 bridgehead atoms. The summed E-state index contributed by atoms with van der Waals surface area (Å²) in [7, 11) is 0. The first-order chi connectivity index (χ1) is 9.52. The third-order valence-corrected chi connectivity index (χ3v) is 3.49. The molecule has 1 aromatic carbocycles. The lowest BCUT2D eigenvalue weighted by Crippen LogP contribution is -2.46. The summed E-state index contributed by atoms with van der Waals surface area (Å²) in [6.07, 6.45) is 0.941. The van der Waals surface area contributed by atoms with Gasteiger partial charge in [-0.1, -0.05) is 17.7 Å². The SMILES string of the molecule is CC1CN(CCC(=O)Nc2cccc(Cl)c2)CC(C)O1. The van der Waals surface area contributed by atoms with Crippen LogP contribution < -0.4 is 5.32 Å². The Bertz CT molecular complexity index is 457. The van der Waals surface area contributed by atoms with E-state index in [0.29, 0.717) is 11.4 Å². The van der Waals surface area contributed by atoms with E-state index in [1.54, 1.807) is 12.1 Å². The number of carbonyl (C=O) groups excluding carboxylic acids is 1. The molecule has 1 heterocycles. The fourth-order valence-corrected chi connectivity index (χ4v) is 2.71. The Balaban J connectivity index is 1.77. The van der Waals surface area contributed by atoms with Crippen LogP contribution in [0.3, 0.4) is 0 Å². The van der Waals surface area contributed by atoms with E-state index < -0.39 is 0 Å². The molecule has 0 spiro atoms. The first-order valence-corrected chi connectivity index (χ1v) is 7.34. The summed E-state index contributed by atoms with van der Waals surface area (Å²) in [4.78, 5) is 14.2. The fourth-order valence-electron chi connectivity index (χ4n) is 2.52.